The van der Waals surface area contributed by atoms with Crippen LogP contribution in [0.3, 0.4) is 0 Å². The van der Waals surface area contributed by atoms with Crippen molar-refractivity contribution < 1.29 is 27.1 Å². The number of hydrogen-bond acceptors (Lipinski definition) is 6. The van der Waals surface area contributed by atoms with Crippen LogP contribution in [0.2, 0.25) is 0 Å². The fourth-order valence-corrected chi connectivity index (χ4v) is 3.61. The lowest BCUT2D eigenvalue weighted by Crippen LogP contribution is -2.51. The summed E-state index contributed by atoms with van der Waals surface area (Å²) in [5.74, 6) is -1.36. The Morgan fingerprint density at radius 1 is 1.16 bits per heavy atom. The summed E-state index contributed by atoms with van der Waals surface area (Å²) in [4.78, 5) is 23.0. The molecule has 1 saturated heterocycles. The number of amides is 1. The van der Waals surface area contributed by atoms with E-state index in [0.717, 1.165) is 11.0 Å². The number of nitrogens with zero attached hydrogens (tertiary/aromatic N) is 6. The van der Waals surface area contributed by atoms with Crippen LogP contribution in [0.4, 0.5) is 17.6 Å². The van der Waals surface area contributed by atoms with Crippen LogP contribution in [-0.2, 0) is 6.18 Å². The molecule has 1 aliphatic heterocycles. The van der Waals surface area contributed by atoms with Gasteiger partial charge in [-0.05, 0) is 31.9 Å². The summed E-state index contributed by atoms with van der Waals surface area (Å²) in [6, 6.07) is 3.68. The number of alkyl halides is 3. The van der Waals surface area contributed by atoms with Crippen molar-refractivity contribution in [3.63, 3.8) is 0 Å². The molecule has 0 saturated carbocycles. The van der Waals surface area contributed by atoms with Crippen LogP contribution in [0.5, 0.6) is 5.88 Å². The van der Waals surface area contributed by atoms with Crippen LogP contribution < -0.4 is 4.74 Å². The molecule has 3 heterocycles. The molecule has 2 aromatic heterocycles. The Hall–Kier alpha value is -3.57. The maximum Gasteiger partial charge on any atom is 0.434 e. The fourth-order valence-electron chi connectivity index (χ4n) is 3.61. The molecule has 168 valence electrons. The number of hydrogen-bond donors (Lipinski definition) is 0. The van der Waals surface area contributed by atoms with Gasteiger partial charge in [0.2, 0.25) is 5.88 Å². The molecule has 0 radical (unpaired) electrons. The Labute approximate surface area is 179 Å². The predicted molar refractivity (Wildman–Crippen MR) is 102 cm³/mol. The van der Waals surface area contributed by atoms with Gasteiger partial charge >= 0.3 is 6.18 Å². The number of carbonyl (C=O) groups excluding carboxylic acids is 1. The van der Waals surface area contributed by atoms with Crippen LogP contribution in [0, 0.1) is 5.82 Å². The summed E-state index contributed by atoms with van der Waals surface area (Å²) in [5, 5.41) is 7.96. The summed E-state index contributed by atoms with van der Waals surface area (Å²) in [6.07, 6.45) is 0.250. The van der Waals surface area contributed by atoms with Crippen LogP contribution in [0.25, 0.3) is 5.69 Å². The summed E-state index contributed by atoms with van der Waals surface area (Å²) >= 11 is 0. The first-order chi connectivity index (χ1) is 15.3. The molecule has 0 spiro atoms. The molecule has 1 amide bonds. The number of aromatic nitrogens is 5. The number of ether oxygens (including phenoxy) is 1. The smallest absolute Gasteiger partial charge is 0.434 e. The molecule has 12 heteroatoms. The standard InChI is InChI=1S/C20H18F4N6O2/c1-12-15(32-17-11-25-16(10-26-17)20(22,23)24)6-3-9-29(12)19(31)18-13(21)4-2-5-14(18)30-27-7-8-28-30/h2,4-5,7-8,10-12,15H,3,6,9H2,1H3. The van der Waals surface area contributed by atoms with Gasteiger partial charge in [-0.3, -0.25) is 4.79 Å². The second-order valence-corrected chi connectivity index (χ2v) is 7.23. The van der Waals surface area contributed by atoms with E-state index in [0.29, 0.717) is 25.6 Å². The molecule has 1 aliphatic rings. The highest BCUT2D eigenvalue weighted by atomic mass is 19.4. The van der Waals surface area contributed by atoms with Crippen LogP contribution in [0.15, 0.2) is 43.0 Å². The van der Waals surface area contributed by atoms with E-state index in [2.05, 4.69) is 20.2 Å². The van der Waals surface area contributed by atoms with Crippen LogP contribution in [-0.4, -0.2) is 54.5 Å². The second-order valence-electron chi connectivity index (χ2n) is 7.23. The van der Waals surface area contributed by atoms with Crippen LogP contribution >= 0.6 is 0 Å². The average molecular weight is 450 g/mol. The minimum Gasteiger partial charge on any atom is -0.471 e. The van der Waals surface area contributed by atoms with E-state index in [-0.39, 0.29) is 17.1 Å². The first-order valence-electron chi connectivity index (χ1n) is 9.78. The van der Waals surface area contributed by atoms with E-state index in [9.17, 15) is 22.4 Å². The monoisotopic (exact) mass is 450 g/mol. The Bertz CT molecular complexity index is 1090. The summed E-state index contributed by atoms with van der Waals surface area (Å²) in [7, 11) is 0. The molecule has 1 fully saturated rings. The average Bonchev–Trinajstić information content (AvgIpc) is 3.29. The molecule has 8 nitrogen and oxygen atoms in total. The quantitative estimate of drug-likeness (QED) is 0.567. The van der Waals surface area contributed by atoms with E-state index < -0.39 is 35.7 Å². The third kappa shape index (κ3) is 4.25. The molecular formula is C20H18F4N6O2. The molecule has 3 aromatic rings. The van der Waals surface area contributed by atoms with Gasteiger partial charge in [-0.25, -0.2) is 14.4 Å². The number of carbonyl (C=O) groups is 1. The number of benzene rings is 1. The minimum atomic E-state index is -4.60. The molecule has 2 unspecified atom stereocenters. The van der Waals surface area contributed by atoms with E-state index in [1.54, 1.807) is 6.92 Å². The van der Waals surface area contributed by atoms with Crippen molar-refractivity contribution >= 4 is 5.91 Å². The molecule has 1 aromatic carbocycles. The van der Waals surface area contributed by atoms with Gasteiger partial charge in [-0.15, -0.1) is 0 Å². The highest BCUT2D eigenvalue weighted by Gasteiger charge is 2.36. The first-order valence-corrected chi connectivity index (χ1v) is 9.78. The lowest BCUT2D eigenvalue weighted by molar-refractivity contribution is -0.141. The van der Waals surface area contributed by atoms with Crippen molar-refractivity contribution in [3.8, 4) is 11.6 Å². The first kappa shape index (κ1) is 21.7. The molecule has 0 aliphatic carbocycles. The Balaban J connectivity index is 1.55. The van der Waals surface area contributed by atoms with E-state index >= 15 is 0 Å². The van der Waals surface area contributed by atoms with Crippen molar-refractivity contribution in [1.82, 2.24) is 29.9 Å². The number of likely N-dealkylation sites (tertiary alicyclic amines) is 1. The van der Waals surface area contributed by atoms with Gasteiger partial charge in [0.1, 0.15) is 23.2 Å². The van der Waals surface area contributed by atoms with Gasteiger partial charge in [-0.2, -0.15) is 28.2 Å². The van der Waals surface area contributed by atoms with Gasteiger partial charge in [0.25, 0.3) is 5.91 Å². The van der Waals surface area contributed by atoms with Crippen molar-refractivity contribution in [3.05, 3.63) is 60.1 Å². The van der Waals surface area contributed by atoms with Crippen molar-refractivity contribution in [2.24, 2.45) is 0 Å². The number of piperidine rings is 1. The SMILES string of the molecule is CC1C(Oc2cnc(C(F)(F)F)cn2)CCCN1C(=O)c1c(F)cccc1-n1nccn1. The molecule has 0 bridgehead atoms. The zero-order chi connectivity index (χ0) is 22.9. The molecule has 0 N–H and O–H groups in total. The van der Waals surface area contributed by atoms with Gasteiger partial charge in [-0.1, -0.05) is 6.07 Å². The van der Waals surface area contributed by atoms with Gasteiger partial charge < -0.3 is 9.64 Å². The third-order valence-corrected chi connectivity index (χ3v) is 5.21. The lowest BCUT2D eigenvalue weighted by Gasteiger charge is -2.39. The van der Waals surface area contributed by atoms with Gasteiger partial charge in [0, 0.05) is 6.54 Å². The van der Waals surface area contributed by atoms with Crippen molar-refractivity contribution in [1.29, 1.82) is 0 Å². The van der Waals surface area contributed by atoms with Crippen molar-refractivity contribution in [2.75, 3.05) is 6.54 Å². The Morgan fingerprint density at radius 2 is 1.91 bits per heavy atom. The largest absolute Gasteiger partial charge is 0.471 e. The second kappa shape index (κ2) is 8.52. The van der Waals surface area contributed by atoms with Gasteiger partial charge in [0.15, 0.2) is 5.69 Å². The van der Waals surface area contributed by atoms with Crippen molar-refractivity contribution in [2.45, 2.75) is 38.1 Å². The van der Waals surface area contributed by atoms with Gasteiger partial charge in [0.05, 0.1) is 30.8 Å². The Morgan fingerprint density at radius 3 is 2.56 bits per heavy atom. The molecule has 4 rings (SSSR count). The number of halogens is 4. The van der Waals surface area contributed by atoms with E-state index in [4.69, 9.17) is 4.74 Å². The predicted octanol–water partition coefficient (Wildman–Crippen LogP) is 3.29. The summed E-state index contributed by atoms with van der Waals surface area (Å²) in [5.41, 5.74) is -1.10. The lowest BCUT2D eigenvalue weighted by atomic mass is 9.98. The molecule has 2 atom stereocenters. The van der Waals surface area contributed by atoms with Crippen LogP contribution in [0.1, 0.15) is 35.8 Å². The normalized spacial score (nSPS) is 19.1. The molecular weight excluding hydrogens is 432 g/mol. The highest BCUT2D eigenvalue weighted by Crippen LogP contribution is 2.29. The van der Waals surface area contributed by atoms with E-state index in [1.165, 1.54) is 35.5 Å². The zero-order valence-electron chi connectivity index (χ0n) is 16.8. The topological polar surface area (TPSA) is 86.0 Å². The number of rotatable bonds is 4. The highest BCUT2D eigenvalue weighted by molar-refractivity contribution is 5.98. The minimum absolute atomic E-state index is 0.0866. The molecule has 32 heavy (non-hydrogen) atoms. The maximum absolute atomic E-state index is 14.7. The Kier molecular flexibility index (Phi) is 5.76. The zero-order valence-corrected chi connectivity index (χ0v) is 16.8. The fraction of sp³-hybridized carbons (Fsp3) is 0.350. The van der Waals surface area contributed by atoms with E-state index in [1.807, 2.05) is 0 Å². The summed E-state index contributed by atoms with van der Waals surface area (Å²) < 4.78 is 58.5. The summed E-state index contributed by atoms with van der Waals surface area (Å²) in [6.45, 7) is 2.09. The maximum atomic E-state index is 14.7. The third-order valence-electron chi connectivity index (χ3n) is 5.21.